The van der Waals surface area contributed by atoms with Gasteiger partial charge in [-0.25, -0.2) is 4.79 Å². The minimum Gasteiger partial charge on any atom is -0.460 e. The molecule has 4 saturated carbocycles. The van der Waals surface area contributed by atoms with Crippen molar-refractivity contribution in [1.82, 2.24) is 0 Å². The van der Waals surface area contributed by atoms with E-state index < -0.39 is 11.2 Å². The Balaban J connectivity index is 1.65. The number of rotatable bonds is 3. The summed E-state index contributed by atoms with van der Waals surface area (Å²) in [5.74, 6) is 0.569. The zero-order valence-corrected chi connectivity index (χ0v) is 10.4. The van der Waals surface area contributed by atoms with E-state index in [2.05, 4.69) is 12.6 Å². The normalized spacial score (nSPS) is 43.1. The summed E-state index contributed by atoms with van der Waals surface area (Å²) in [6.07, 6.45) is 5.80. The molecule has 5 heteroatoms. The summed E-state index contributed by atoms with van der Waals surface area (Å²) in [7, 11) is 0. The Morgan fingerprint density at radius 2 is 1.88 bits per heavy atom. The van der Waals surface area contributed by atoms with Gasteiger partial charge in [0, 0.05) is 5.41 Å². The number of ether oxygens (including phenoxy) is 1. The third-order valence-corrected chi connectivity index (χ3v) is 5.08. The van der Waals surface area contributed by atoms with Crippen molar-refractivity contribution in [3.8, 4) is 0 Å². The summed E-state index contributed by atoms with van der Waals surface area (Å²) in [4.78, 5) is 11.1. The number of hydrogen-bond acceptors (Lipinski definition) is 3. The van der Waals surface area contributed by atoms with Crippen LogP contribution in [0.4, 0.5) is 8.78 Å². The van der Waals surface area contributed by atoms with E-state index >= 15 is 0 Å². The molecular formula is C12H16F2O2S. The molecule has 0 spiro atoms. The first-order valence-electron chi connectivity index (χ1n) is 6.16. The third kappa shape index (κ3) is 1.86. The fraction of sp³-hybridized carbons (Fsp3) is 0.917. The van der Waals surface area contributed by atoms with E-state index in [1.807, 2.05) is 0 Å². The minimum absolute atomic E-state index is 0.0161. The summed E-state index contributed by atoms with van der Waals surface area (Å²) in [5, 5.41) is -3.66. The lowest BCUT2D eigenvalue weighted by molar-refractivity contribution is -0.164. The van der Waals surface area contributed by atoms with Crippen LogP contribution in [-0.4, -0.2) is 17.8 Å². The van der Waals surface area contributed by atoms with E-state index in [9.17, 15) is 13.6 Å². The molecule has 4 fully saturated rings. The fourth-order valence-corrected chi connectivity index (χ4v) is 4.56. The van der Waals surface area contributed by atoms with Gasteiger partial charge in [-0.05, 0) is 49.9 Å². The van der Waals surface area contributed by atoms with Gasteiger partial charge in [0.2, 0.25) is 0 Å². The van der Waals surface area contributed by atoms with E-state index in [1.165, 1.54) is 19.3 Å². The van der Waals surface area contributed by atoms with Gasteiger partial charge in [0.05, 0.1) is 6.61 Å². The zero-order chi connectivity index (χ0) is 12.3. The van der Waals surface area contributed by atoms with Gasteiger partial charge in [-0.15, -0.1) is 0 Å². The number of halogens is 2. The van der Waals surface area contributed by atoms with Gasteiger partial charge < -0.3 is 4.74 Å². The molecule has 2 unspecified atom stereocenters. The van der Waals surface area contributed by atoms with Crippen molar-refractivity contribution in [2.45, 2.75) is 37.4 Å². The standard InChI is InChI=1S/C12H16F2O2S/c13-12(14,17)10(15)16-6-11-4-7-1-8(5-11)3-9(11)2-7/h7-9,17H,1-6H2. The highest BCUT2D eigenvalue weighted by Crippen LogP contribution is 2.65. The van der Waals surface area contributed by atoms with Crippen LogP contribution < -0.4 is 0 Å². The molecule has 0 radical (unpaired) electrons. The Morgan fingerprint density at radius 1 is 1.29 bits per heavy atom. The highest BCUT2D eigenvalue weighted by molar-refractivity contribution is 7.82. The van der Waals surface area contributed by atoms with E-state index in [0.717, 1.165) is 24.7 Å². The molecule has 4 rings (SSSR count). The number of hydrogen-bond donors (Lipinski definition) is 1. The number of esters is 1. The molecule has 4 aliphatic rings. The third-order valence-electron chi connectivity index (χ3n) is 4.90. The van der Waals surface area contributed by atoms with Crippen LogP contribution in [0, 0.1) is 23.2 Å². The maximum Gasteiger partial charge on any atom is 0.388 e. The Labute approximate surface area is 104 Å². The Hall–Kier alpha value is -0.320. The molecule has 2 nitrogen and oxygen atoms in total. The maximum atomic E-state index is 12.6. The highest BCUT2D eigenvalue weighted by Gasteiger charge is 2.58. The van der Waals surface area contributed by atoms with Crippen LogP contribution in [-0.2, 0) is 9.53 Å². The van der Waals surface area contributed by atoms with Crippen LogP contribution in [0.1, 0.15) is 32.1 Å². The monoisotopic (exact) mass is 262 g/mol. The predicted octanol–water partition coefficient (Wildman–Crippen LogP) is 2.88. The smallest absolute Gasteiger partial charge is 0.388 e. The molecule has 4 aliphatic carbocycles. The van der Waals surface area contributed by atoms with Gasteiger partial charge in [0.25, 0.3) is 0 Å². The molecule has 0 N–H and O–H groups in total. The largest absolute Gasteiger partial charge is 0.460 e. The Kier molecular flexibility index (Phi) is 2.48. The van der Waals surface area contributed by atoms with Gasteiger partial charge in [0.15, 0.2) is 0 Å². The molecule has 2 atom stereocenters. The Bertz CT molecular complexity index is 339. The Morgan fingerprint density at radius 3 is 2.41 bits per heavy atom. The lowest BCUT2D eigenvalue weighted by Crippen LogP contribution is -2.33. The molecule has 0 aromatic carbocycles. The van der Waals surface area contributed by atoms with Crippen molar-refractivity contribution in [1.29, 1.82) is 0 Å². The second kappa shape index (κ2) is 3.59. The second-order valence-corrected chi connectivity index (χ2v) is 6.59. The minimum atomic E-state index is -3.66. The molecule has 0 aromatic heterocycles. The first-order valence-corrected chi connectivity index (χ1v) is 6.61. The first kappa shape index (κ1) is 11.8. The van der Waals surface area contributed by atoms with Crippen LogP contribution >= 0.6 is 12.6 Å². The summed E-state index contributed by atoms with van der Waals surface area (Å²) >= 11 is 2.94. The quantitative estimate of drug-likeness (QED) is 0.625. The molecule has 17 heavy (non-hydrogen) atoms. The van der Waals surface area contributed by atoms with Crippen molar-refractivity contribution >= 4 is 18.6 Å². The first-order chi connectivity index (χ1) is 7.89. The van der Waals surface area contributed by atoms with Crippen LogP contribution in [0.3, 0.4) is 0 Å². The number of carbonyl (C=O) groups is 1. The van der Waals surface area contributed by atoms with Crippen molar-refractivity contribution in [3.05, 3.63) is 0 Å². The van der Waals surface area contributed by atoms with Gasteiger partial charge in [-0.1, -0.05) is 12.6 Å². The maximum absolute atomic E-state index is 12.6. The molecule has 0 heterocycles. The fourth-order valence-electron chi connectivity index (χ4n) is 4.50. The summed E-state index contributed by atoms with van der Waals surface area (Å²) < 4.78 is 30.0. The molecular weight excluding hydrogens is 246 g/mol. The number of carbonyl (C=O) groups excluding carboxylic acids is 1. The van der Waals surface area contributed by atoms with E-state index in [-0.39, 0.29) is 12.0 Å². The van der Waals surface area contributed by atoms with Gasteiger partial charge in [-0.3, -0.25) is 0 Å². The van der Waals surface area contributed by atoms with Crippen LogP contribution in [0.25, 0.3) is 0 Å². The second-order valence-electron chi connectivity index (χ2n) is 6.02. The van der Waals surface area contributed by atoms with E-state index in [1.54, 1.807) is 0 Å². The molecule has 96 valence electrons. The van der Waals surface area contributed by atoms with Crippen LogP contribution in [0.2, 0.25) is 0 Å². The summed E-state index contributed by atoms with van der Waals surface area (Å²) in [6.45, 7) is 0.166. The average molecular weight is 262 g/mol. The van der Waals surface area contributed by atoms with Crippen molar-refractivity contribution in [3.63, 3.8) is 0 Å². The summed E-state index contributed by atoms with van der Waals surface area (Å²) in [6, 6.07) is 0. The molecule has 0 aliphatic heterocycles. The molecule has 0 amide bonds. The highest BCUT2D eigenvalue weighted by atomic mass is 32.1. The van der Waals surface area contributed by atoms with Crippen LogP contribution in [0.5, 0.6) is 0 Å². The SMILES string of the molecule is O=C(OCC12CC3CC(CC1C3)C2)C(F)(F)S. The van der Waals surface area contributed by atoms with Gasteiger partial charge >= 0.3 is 11.2 Å². The van der Waals surface area contributed by atoms with Crippen molar-refractivity contribution in [2.24, 2.45) is 23.2 Å². The predicted molar refractivity (Wildman–Crippen MR) is 60.9 cm³/mol. The van der Waals surface area contributed by atoms with Gasteiger partial charge in [-0.2, -0.15) is 8.78 Å². The molecule has 0 saturated heterocycles. The van der Waals surface area contributed by atoms with Crippen molar-refractivity contribution < 1.29 is 18.3 Å². The van der Waals surface area contributed by atoms with E-state index in [0.29, 0.717) is 5.92 Å². The molecule has 0 aromatic rings. The average Bonchev–Trinajstić information content (AvgIpc) is 2.59. The lowest BCUT2D eigenvalue weighted by atomic mass is 9.76. The van der Waals surface area contributed by atoms with E-state index in [4.69, 9.17) is 4.74 Å². The summed E-state index contributed by atoms with van der Waals surface area (Å²) in [5.41, 5.74) is 0.0161. The zero-order valence-electron chi connectivity index (χ0n) is 9.49. The molecule has 4 bridgehead atoms. The number of thiol groups is 1. The topological polar surface area (TPSA) is 26.3 Å². The van der Waals surface area contributed by atoms with Crippen molar-refractivity contribution in [2.75, 3.05) is 6.61 Å². The lowest BCUT2D eigenvalue weighted by Gasteiger charge is -2.32. The van der Waals surface area contributed by atoms with Crippen LogP contribution in [0.15, 0.2) is 0 Å². The number of alkyl halides is 2. The van der Waals surface area contributed by atoms with Gasteiger partial charge in [0.1, 0.15) is 0 Å².